The summed E-state index contributed by atoms with van der Waals surface area (Å²) < 4.78 is 5.51. The van der Waals surface area contributed by atoms with Crippen LogP contribution in [0.4, 0.5) is 4.79 Å². The largest absolute Gasteiger partial charge is 0.415 e. The molecule has 0 spiro atoms. The van der Waals surface area contributed by atoms with Crippen LogP contribution in [0.3, 0.4) is 0 Å². The maximum absolute atomic E-state index is 12.6. The number of benzene rings is 1. The minimum Gasteiger partial charge on any atom is -0.410 e. The molecule has 21 heavy (non-hydrogen) atoms. The van der Waals surface area contributed by atoms with Crippen LogP contribution in [0.5, 0.6) is 5.75 Å². The van der Waals surface area contributed by atoms with E-state index in [9.17, 15) is 4.79 Å². The summed E-state index contributed by atoms with van der Waals surface area (Å²) >= 11 is 0. The molecule has 4 heteroatoms. The molecule has 4 nitrogen and oxygen atoms in total. The number of hydrogen-bond donors (Lipinski definition) is 1. The molecule has 0 radical (unpaired) electrons. The predicted octanol–water partition coefficient (Wildman–Crippen LogP) is 3.41. The summed E-state index contributed by atoms with van der Waals surface area (Å²) in [5.41, 5.74) is 5.81. The molecular formula is C17H26N2O2. The molecule has 2 rings (SSSR count). The Hall–Kier alpha value is -1.55. The van der Waals surface area contributed by atoms with Gasteiger partial charge in [-0.15, -0.1) is 0 Å². The molecule has 2 N–H and O–H groups in total. The Balaban J connectivity index is 2.15. The lowest BCUT2D eigenvalue weighted by molar-refractivity contribution is 0.0486. The van der Waals surface area contributed by atoms with Crippen LogP contribution in [0, 0.1) is 5.92 Å². The summed E-state index contributed by atoms with van der Waals surface area (Å²) in [4.78, 5) is 14.4. The van der Waals surface area contributed by atoms with Gasteiger partial charge in [0.2, 0.25) is 0 Å². The molecule has 116 valence electrons. The highest BCUT2D eigenvalue weighted by Gasteiger charge is 2.41. The van der Waals surface area contributed by atoms with Gasteiger partial charge < -0.3 is 15.4 Å². The number of carbonyl (C=O) groups excluding carboxylic acids is 1. The number of para-hydroxylation sites is 1. The quantitative estimate of drug-likeness (QED) is 0.924. The van der Waals surface area contributed by atoms with Gasteiger partial charge in [0.05, 0.1) is 5.54 Å². The number of nitrogens with zero attached hydrogens (tertiary/aromatic N) is 1. The molecule has 0 heterocycles. The maximum atomic E-state index is 12.6. The third-order valence-corrected chi connectivity index (χ3v) is 4.51. The standard InChI is InChI=1S/C17H26N2O2/c1-3-19(16(20)21-15-9-5-4-6-10-15)17(13-18)11-7-8-14(2)12-17/h4-6,9-10,14H,3,7-8,11-13,18H2,1-2H3. The number of amides is 1. The van der Waals surface area contributed by atoms with Crippen molar-refractivity contribution < 1.29 is 9.53 Å². The van der Waals surface area contributed by atoms with Gasteiger partial charge in [-0.2, -0.15) is 0 Å². The molecule has 1 fully saturated rings. The maximum Gasteiger partial charge on any atom is 0.415 e. The Morgan fingerprint density at radius 2 is 2.14 bits per heavy atom. The van der Waals surface area contributed by atoms with Crippen LogP contribution < -0.4 is 10.5 Å². The van der Waals surface area contributed by atoms with E-state index in [1.54, 1.807) is 12.1 Å². The second-order valence-electron chi connectivity index (χ2n) is 6.06. The zero-order valence-electron chi connectivity index (χ0n) is 13.0. The zero-order chi connectivity index (χ0) is 15.3. The molecule has 1 aliphatic rings. The zero-order valence-corrected chi connectivity index (χ0v) is 13.0. The van der Waals surface area contributed by atoms with Gasteiger partial charge in [-0.05, 0) is 37.8 Å². The van der Waals surface area contributed by atoms with E-state index in [1.807, 2.05) is 30.0 Å². The molecule has 1 amide bonds. The fourth-order valence-electron chi connectivity index (χ4n) is 3.48. The van der Waals surface area contributed by atoms with E-state index in [2.05, 4.69) is 6.92 Å². The van der Waals surface area contributed by atoms with Gasteiger partial charge in [0.25, 0.3) is 0 Å². The van der Waals surface area contributed by atoms with Crippen molar-refractivity contribution in [3.05, 3.63) is 30.3 Å². The average Bonchev–Trinajstić information content (AvgIpc) is 2.49. The number of rotatable bonds is 4. The van der Waals surface area contributed by atoms with Crippen molar-refractivity contribution in [2.45, 2.75) is 45.1 Å². The minimum absolute atomic E-state index is 0.252. The second kappa shape index (κ2) is 6.94. The third kappa shape index (κ3) is 3.56. The molecule has 2 unspecified atom stereocenters. The fourth-order valence-corrected chi connectivity index (χ4v) is 3.48. The summed E-state index contributed by atoms with van der Waals surface area (Å²) in [6.07, 6.45) is 3.97. The molecule has 0 saturated heterocycles. The second-order valence-corrected chi connectivity index (χ2v) is 6.06. The van der Waals surface area contributed by atoms with Gasteiger partial charge in [0, 0.05) is 13.1 Å². The Morgan fingerprint density at radius 1 is 1.43 bits per heavy atom. The Bertz CT molecular complexity index is 463. The fraction of sp³-hybridized carbons (Fsp3) is 0.588. The summed E-state index contributed by atoms with van der Waals surface area (Å²) in [5, 5.41) is 0. The number of nitrogens with two attached hydrogens (primary N) is 1. The van der Waals surface area contributed by atoms with Gasteiger partial charge in [-0.3, -0.25) is 0 Å². The van der Waals surface area contributed by atoms with Crippen molar-refractivity contribution in [2.24, 2.45) is 11.7 Å². The first-order chi connectivity index (χ1) is 10.1. The van der Waals surface area contributed by atoms with Crippen LogP contribution in [0.1, 0.15) is 39.5 Å². The van der Waals surface area contributed by atoms with E-state index in [0.717, 1.165) is 19.3 Å². The first-order valence-electron chi connectivity index (χ1n) is 7.86. The number of ether oxygens (including phenoxy) is 1. The minimum atomic E-state index is -0.289. The third-order valence-electron chi connectivity index (χ3n) is 4.51. The van der Waals surface area contributed by atoms with Crippen molar-refractivity contribution in [3.8, 4) is 5.75 Å². The van der Waals surface area contributed by atoms with Crippen LogP contribution >= 0.6 is 0 Å². The van der Waals surface area contributed by atoms with Crippen LogP contribution in [0.2, 0.25) is 0 Å². The summed E-state index contributed by atoms with van der Waals surface area (Å²) in [7, 11) is 0. The van der Waals surface area contributed by atoms with Gasteiger partial charge in [-0.1, -0.05) is 38.0 Å². The van der Waals surface area contributed by atoms with Gasteiger partial charge >= 0.3 is 6.09 Å². The Morgan fingerprint density at radius 3 is 2.71 bits per heavy atom. The lowest BCUT2D eigenvalue weighted by atomic mass is 9.75. The highest BCUT2D eigenvalue weighted by Crippen LogP contribution is 2.36. The highest BCUT2D eigenvalue weighted by atomic mass is 16.6. The van der Waals surface area contributed by atoms with Gasteiger partial charge in [0.1, 0.15) is 5.75 Å². The molecule has 1 aromatic rings. The highest BCUT2D eigenvalue weighted by molar-refractivity contribution is 5.71. The van der Waals surface area contributed by atoms with E-state index < -0.39 is 0 Å². The van der Waals surface area contributed by atoms with E-state index in [0.29, 0.717) is 24.8 Å². The molecular weight excluding hydrogens is 264 g/mol. The van der Waals surface area contributed by atoms with Crippen LogP contribution in [0.15, 0.2) is 30.3 Å². The smallest absolute Gasteiger partial charge is 0.410 e. The lowest BCUT2D eigenvalue weighted by Crippen LogP contribution is -2.59. The predicted molar refractivity (Wildman–Crippen MR) is 84.3 cm³/mol. The normalized spacial score (nSPS) is 25.4. The Kier molecular flexibility index (Phi) is 5.23. The first-order valence-corrected chi connectivity index (χ1v) is 7.86. The van der Waals surface area contributed by atoms with Crippen LogP contribution in [-0.2, 0) is 0 Å². The van der Waals surface area contributed by atoms with Gasteiger partial charge in [-0.25, -0.2) is 4.79 Å². The molecule has 0 aromatic heterocycles. The van der Waals surface area contributed by atoms with E-state index in [1.165, 1.54) is 6.42 Å². The lowest BCUT2D eigenvalue weighted by Gasteiger charge is -2.46. The van der Waals surface area contributed by atoms with Crippen molar-refractivity contribution >= 4 is 6.09 Å². The van der Waals surface area contributed by atoms with Crippen LogP contribution in [-0.4, -0.2) is 29.6 Å². The molecule has 1 saturated carbocycles. The van der Waals surface area contributed by atoms with Crippen molar-refractivity contribution in [1.29, 1.82) is 0 Å². The van der Waals surface area contributed by atoms with Crippen molar-refractivity contribution in [2.75, 3.05) is 13.1 Å². The van der Waals surface area contributed by atoms with E-state index in [4.69, 9.17) is 10.5 Å². The number of hydrogen-bond acceptors (Lipinski definition) is 3. The Labute approximate surface area is 127 Å². The molecule has 2 atom stereocenters. The van der Waals surface area contributed by atoms with Crippen molar-refractivity contribution in [3.63, 3.8) is 0 Å². The summed E-state index contributed by atoms with van der Waals surface area (Å²) in [6.45, 7) is 5.34. The molecule has 1 aliphatic carbocycles. The number of likely N-dealkylation sites (N-methyl/N-ethyl adjacent to an activating group) is 1. The van der Waals surface area contributed by atoms with E-state index >= 15 is 0 Å². The number of carbonyl (C=O) groups is 1. The molecule has 1 aromatic carbocycles. The summed E-state index contributed by atoms with van der Waals surface area (Å²) in [6, 6.07) is 9.22. The molecule has 0 bridgehead atoms. The monoisotopic (exact) mass is 290 g/mol. The van der Waals surface area contributed by atoms with Gasteiger partial charge in [0.15, 0.2) is 0 Å². The SMILES string of the molecule is CCN(C(=O)Oc1ccccc1)C1(CN)CCCC(C)C1. The summed E-state index contributed by atoms with van der Waals surface area (Å²) in [5.74, 6) is 1.18. The topological polar surface area (TPSA) is 55.6 Å². The van der Waals surface area contributed by atoms with Crippen LogP contribution in [0.25, 0.3) is 0 Å². The molecule has 0 aliphatic heterocycles. The average molecular weight is 290 g/mol. The first kappa shape index (κ1) is 15.8. The van der Waals surface area contributed by atoms with E-state index in [-0.39, 0.29) is 11.6 Å². The van der Waals surface area contributed by atoms with Crippen molar-refractivity contribution in [1.82, 2.24) is 4.90 Å².